The Bertz CT molecular complexity index is 569. The molecule has 0 bridgehead atoms. The van der Waals surface area contributed by atoms with Crippen LogP contribution in [0.3, 0.4) is 0 Å². The third-order valence-electron chi connectivity index (χ3n) is 3.71. The van der Waals surface area contributed by atoms with E-state index in [-0.39, 0.29) is 0 Å². The highest BCUT2D eigenvalue weighted by atomic mass is 14.9. The number of imidazole rings is 1. The summed E-state index contributed by atoms with van der Waals surface area (Å²) in [6.45, 7) is 9.32. The van der Waals surface area contributed by atoms with Crippen LogP contribution >= 0.6 is 0 Å². The number of benzene rings is 1. The zero-order valence-electron chi connectivity index (χ0n) is 12.9. The molecular weight excluding hydrogens is 246 g/mol. The van der Waals surface area contributed by atoms with E-state index in [2.05, 4.69) is 55.9 Å². The van der Waals surface area contributed by atoms with E-state index in [0.717, 1.165) is 17.9 Å². The highest BCUT2D eigenvalue weighted by molar-refractivity contribution is 5.63. The summed E-state index contributed by atoms with van der Waals surface area (Å²) in [5.74, 6) is 1.95. The molecule has 2 aromatic rings. The fraction of sp³-hybridized carbons (Fsp3) is 0.471. The van der Waals surface area contributed by atoms with Crippen molar-refractivity contribution in [3.8, 4) is 11.3 Å². The molecule has 0 fully saturated rings. The van der Waals surface area contributed by atoms with Crippen LogP contribution in [0.15, 0.2) is 24.4 Å². The van der Waals surface area contributed by atoms with Gasteiger partial charge in [0.25, 0.3) is 0 Å². The van der Waals surface area contributed by atoms with E-state index < -0.39 is 0 Å². The first-order chi connectivity index (χ1) is 9.51. The van der Waals surface area contributed by atoms with E-state index in [1.807, 2.05) is 6.20 Å². The fourth-order valence-corrected chi connectivity index (χ4v) is 2.60. The summed E-state index contributed by atoms with van der Waals surface area (Å²) < 4.78 is 0. The minimum Gasteiger partial charge on any atom is -0.342 e. The molecule has 1 aromatic heterocycles. The molecular formula is C17H25N3. The molecule has 0 aliphatic carbocycles. The number of H-pyrrole nitrogens is 1. The fourth-order valence-electron chi connectivity index (χ4n) is 2.60. The Labute approximate surface area is 121 Å². The number of hydrogen-bond donors (Lipinski definition) is 2. The van der Waals surface area contributed by atoms with Gasteiger partial charge in [0, 0.05) is 18.0 Å². The average molecular weight is 271 g/mol. The molecule has 0 spiro atoms. The predicted octanol–water partition coefficient (Wildman–Crippen LogP) is 3.78. The van der Waals surface area contributed by atoms with Crippen molar-refractivity contribution in [2.75, 3.05) is 6.54 Å². The molecule has 0 radical (unpaired) electrons. The third kappa shape index (κ3) is 3.28. The number of nitrogens with two attached hydrogens (primary N) is 1. The normalized spacial score (nSPS) is 12.9. The maximum absolute atomic E-state index is 5.90. The Kier molecular flexibility index (Phi) is 4.61. The van der Waals surface area contributed by atoms with E-state index in [0.29, 0.717) is 18.4 Å². The van der Waals surface area contributed by atoms with Gasteiger partial charge >= 0.3 is 0 Å². The topological polar surface area (TPSA) is 54.7 Å². The first-order valence-corrected chi connectivity index (χ1v) is 7.33. The van der Waals surface area contributed by atoms with Gasteiger partial charge in [-0.15, -0.1) is 0 Å². The SMILES string of the molecule is Cc1ccc(C)c(-c2cnc(C(CN)CC(C)C)[nH]2)c1. The lowest BCUT2D eigenvalue weighted by molar-refractivity contribution is 0.490. The third-order valence-corrected chi connectivity index (χ3v) is 3.71. The molecule has 1 unspecified atom stereocenters. The number of hydrogen-bond acceptors (Lipinski definition) is 2. The van der Waals surface area contributed by atoms with Crippen LogP contribution in [0, 0.1) is 19.8 Å². The average Bonchev–Trinajstić information content (AvgIpc) is 2.88. The molecule has 0 saturated heterocycles. The van der Waals surface area contributed by atoms with Crippen LogP contribution < -0.4 is 5.73 Å². The minimum absolute atomic E-state index is 0.314. The monoisotopic (exact) mass is 271 g/mol. The summed E-state index contributed by atoms with van der Waals surface area (Å²) in [5, 5.41) is 0. The molecule has 1 aromatic carbocycles. The lowest BCUT2D eigenvalue weighted by Gasteiger charge is -2.14. The Morgan fingerprint density at radius 1 is 1.25 bits per heavy atom. The Morgan fingerprint density at radius 3 is 2.65 bits per heavy atom. The molecule has 2 rings (SSSR count). The van der Waals surface area contributed by atoms with Gasteiger partial charge in [-0.25, -0.2) is 4.98 Å². The molecule has 3 nitrogen and oxygen atoms in total. The van der Waals surface area contributed by atoms with Crippen molar-refractivity contribution in [1.82, 2.24) is 9.97 Å². The van der Waals surface area contributed by atoms with Gasteiger partial charge in [0.2, 0.25) is 0 Å². The molecule has 0 amide bonds. The van der Waals surface area contributed by atoms with Gasteiger partial charge in [0.1, 0.15) is 5.82 Å². The van der Waals surface area contributed by atoms with Crippen LogP contribution in [0.4, 0.5) is 0 Å². The van der Waals surface area contributed by atoms with Crippen molar-refractivity contribution in [3.05, 3.63) is 41.3 Å². The zero-order chi connectivity index (χ0) is 14.7. The highest BCUT2D eigenvalue weighted by Gasteiger charge is 2.16. The summed E-state index contributed by atoms with van der Waals surface area (Å²) in [5.41, 5.74) is 10.7. The van der Waals surface area contributed by atoms with Crippen molar-refractivity contribution >= 4 is 0 Å². The quantitative estimate of drug-likeness (QED) is 0.869. The maximum atomic E-state index is 5.90. The van der Waals surface area contributed by atoms with Gasteiger partial charge in [-0.1, -0.05) is 31.5 Å². The van der Waals surface area contributed by atoms with Crippen molar-refractivity contribution in [3.63, 3.8) is 0 Å². The van der Waals surface area contributed by atoms with E-state index in [1.54, 1.807) is 0 Å². The van der Waals surface area contributed by atoms with E-state index in [1.165, 1.54) is 16.7 Å². The standard InChI is InChI=1S/C17H25N3/c1-11(2)7-14(9-18)17-19-10-16(20-17)15-8-12(3)5-6-13(15)4/h5-6,8,10-11,14H,7,9,18H2,1-4H3,(H,19,20). The Morgan fingerprint density at radius 2 is 2.00 bits per heavy atom. The van der Waals surface area contributed by atoms with Gasteiger partial charge < -0.3 is 10.7 Å². The Balaban J connectivity index is 2.30. The minimum atomic E-state index is 0.314. The number of aromatic nitrogens is 2. The molecule has 0 aliphatic rings. The lowest BCUT2D eigenvalue weighted by Crippen LogP contribution is -2.16. The van der Waals surface area contributed by atoms with Crippen LogP contribution in [0.5, 0.6) is 0 Å². The molecule has 1 heterocycles. The van der Waals surface area contributed by atoms with Crippen molar-refractivity contribution in [2.24, 2.45) is 11.7 Å². The highest BCUT2D eigenvalue weighted by Crippen LogP contribution is 2.26. The summed E-state index contributed by atoms with van der Waals surface area (Å²) >= 11 is 0. The number of aromatic amines is 1. The zero-order valence-corrected chi connectivity index (χ0v) is 12.9. The van der Waals surface area contributed by atoms with Crippen LogP contribution in [0.2, 0.25) is 0 Å². The second kappa shape index (κ2) is 6.23. The summed E-state index contributed by atoms with van der Waals surface area (Å²) in [6, 6.07) is 6.49. The van der Waals surface area contributed by atoms with Crippen molar-refractivity contribution in [2.45, 2.75) is 40.0 Å². The second-order valence-corrected chi connectivity index (χ2v) is 6.06. The van der Waals surface area contributed by atoms with Crippen LogP contribution in [0.1, 0.15) is 43.1 Å². The van der Waals surface area contributed by atoms with Crippen LogP contribution in [-0.4, -0.2) is 16.5 Å². The van der Waals surface area contributed by atoms with E-state index in [9.17, 15) is 0 Å². The molecule has 3 N–H and O–H groups in total. The van der Waals surface area contributed by atoms with Gasteiger partial charge in [0.15, 0.2) is 0 Å². The summed E-state index contributed by atoms with van der Waals surface area (Å²) in [7, 11) is 0. The lowest BCUT2D eigenvalue weighted by atomic mass is 9.96. The summed E-state index contributed by atoms with van der Waals surface area (Å²) in [6.07, 6.45) is 3.00. The first-order valence-electron chi connectivity index (χ1n) is 7.33. The number of nitrogens with one attached hydrogen (secondary N) is 1. The molecule has 20 heavy (non-hydrogen) atoms. The van der Waals surface area contributed by atoms with Gasteiger partial charge in [0.05, 0.1) is 11.9 Å². The largest absolute Gasteiger partial charge is 0.342 e. The van der Waals surface area contributed by atoms with Crippen LogP contribution in [-0.2, 0) is 0 Å². The predicted molar refractivity (Wildman–Crippen MR) is 84.7 cm³/mol. The molecule has 0 aliphatic heterocycles. The number of nitrogens with zero attached hydrogens (tertiary/aromatic N) is 1. The number of rotatable bonds is 5. The maximum Gasteiger partial charge on any atom is 0.110 e. The molecule has 3 heteroatoms. The molecule has 0 saturated carbocycles. The van der Waals surface area contributed by atoms with Gasteiger partial charge in [-0.05, 0) is 37.8 Å². The molecule has 1 atom stereocenters. The second-order valence-electron chi connectivity index (χ2n) is 6.06. The van der Waals surface area contributed by atoms with Crippen molar-refractivity contribution in [1.29, 1.82) is 0 Å². The van der Waals surface area contributed by atoms with Crippen molar-refractivity contribution < 1.29 is 0 Å². The van der Waals surface area contributed by atoms with E-state index >= 15 is 0 Å². The summed E-state index contributed by atoms with van der Waals surface area (Å²) in [4.78, 5) is 8.01. The number of aryl methyl sites for hydroxylation is 2. The van der Waals surface area contributed by atoms with E-state index in [4.69, 9.17) is 5.73 Å². The van der Waals surface area contributed by atoms with Gasteiger partial charge in [-0.2, -0.15) is 0 Å². The first kappa shape index (κ1) is 14.8. The molecule has 108 valence electrons. The Hall–Kier alpha value is -1.61. The smallest absolute Gasteiger partial charge is 0.110 e. The van der Waals surface area contributed by atoms with Crippen LogP contribution in [0.25, 0.3) is 11.3 Å². The van der Waals surface area contributed by atoms with Gasteiger partial charge in [-0.3, -0.25) is 0 Å².